The first kappa shape index (κ1) is 12.5. The molecule has 3 nitrogen and oxygen atoms in total. The molecule has 84 valence electrons. The molecular weight excluding hydrogens is 228 g/mol. The number of halogens is 1. The fraction of sp³-hybridized carbons (Fsp3) is 0.167. The normalized spacial score (nSPS) is 10.4. The summed E-state index contributed by atoms with van der Waals surface area (Å²) in [5, 5.41) is 0.421. The van der Waals surface area contributed by atoms with Crippen molar-refractivity contribution in [3.05, 3.63) is 40.4 Å². The van der Waals surface area contributed by atoms with Crippen LogP contribution in [0.25, 0.3) is 6.08 Å². The van der Waals surface area contributed by atoms with Crippen LogP contribution >= 0.6 is 11.6 Å². The first-order chi connectivity index (χ1) is 7.67. The second-order valence-electron chi connectivity index (χ2n) is 2.98. The average Bonchev–Trinajstić information content (AvgIpc) is 2.27. The maximum absolute atomic E-state index is 11.0. The third-order valence-electron chi connectivity index (χ3n) is 1.85. The van der Waals surface area contributed by atoms with E-state index in [-0.39, 0.29) is 0 Å². The fourth-order valence-corrected chi connectivity index (χ4v) is 1.35. The Hall–Kier alpha value is -1.61. The van der Waals surface area contributed by atoms with E-state index in [9.17, 15) is 9.59 Å². The molecule has 4 heteroatoms. The van der Waals surface area contributed by atoms with Crippen molar-refractivity contribution < 1.29 is 14.3 Å². The van der Waals surface area contributed by atoms with Crippen LogP contribution in [0.3, 0.4) is 0 Å². The average molecular weight is 239 g/mol. The van der Waals surface area contributed by atoms with Crippen LogP contribution in [-0.4, -0.2) is 18.9 Å². The monoisotopic (exact) mass is 238 g/mol. The minimum absolute atomic E-state index is 0.334. The van der Waals surface area contributed by atoms with E-state index in [0.717, 1.165) is 0 Å². The zero-order valence-corrected chi connectivity index (χ0v) is 9.53. The summed E-state index contributed by atoms with van der Waals surface area (Å²) >= 11 is 5.91. The molecule has 1 aromatic rings. The van der Waals surface area contributed by atoms with Crippen molar-refractivity contribution >= 4 is 29.9 Å². The molecule has 0 aliphatic heterocycles. The number of ether oxygens (including phenoxy) is 1. The molecule has 16 heavy (non-hydrogen) atoms. The van der Waals surface area contributed by atoms with Gasteiger partial charge in [0.1, 0.15) is 6.29 Å². The van der Waals surface area contributed by atoms with Gasteiger partial charge in [-0.1, -0.05) is 23.7 Å². The van der Waals surface area contributed by atoms with Crippen LogP contribution in [0, 0.1) is 0 Å². The summed E-state index contributed by atoms with van der Waals surface area (Å²) in [5.41, 5.74) is 1.17. The highest BCUT2D eigenvalue weighted by atomic mass is 35.5. The predicted molar refractivity (Wildman–Crippen MR) is 62.5 cm³/mol. The van der Waals surface area contributed by atoms with E-state index in [0.29, 0.717) is 29.0 Å². The van der Waals surface area contributed by atoms with Gasteiger partial charge in [-0.3, -0.25) is 4.79 Å². The third kappa shape index (κ3) is 3.51. The second kappa shape index (κ2) is 6.08. The molecule has 0 aliphatic carbocycles. The molecule has 0 amide bonds. The van der Waals surface area contributed by atoms with Crippen molar-refractivity contribution in [1.29, 1.82) is 0 Å². The van der Waals surface area contributed by atoms with E-state index in [2.05, 4.69) is 0 Å². The number of hydrogen-bond donors (Lipinski definition) is 0. The van der Waals surface area contributed by atoms with Crippen molar-refractivity contribution in [2.75, 3.05) is 6.61 Å². The van der Waals surface area contributed by atoms with Crippen LogP contribution in [0.4, 0.5) is 0 Å². The first-order valence-corrected chi connectivity index (χ1v) is 5.14. The molecule has 0 spiro atoms. The lowest BCUT2D eigenvalue weighted by Crippen LogP contribution is -1.98. The summed E-state index contributed by atoms with van der Waals surface area (Å²) in [7, 11) is 0. The van der Waals surface area contributed by atoms with Crippen LogP contribution in [0.1, 0.15) is 22.8 Å². The highest BCUT2D eigenvalue weighted by molar-refractivity contribution is 6.32. The van der Waals surface area contributed by atoms with Gasteiger partial charge in [0.25, 0.3) is 0 Å². The number of rotatable bonds is 4. The van der Waals surface area contributed by atoms with Crippen molar-refractivity contribution in [3.8, 4) is 0 Å². The number of hydrogen-bond acceptors (Lipinski definition) is 3. The summed E-state index contributed by atoms with van der Waals surface area (Å²) in [4.78, 5) is 21.5. The van der Waals surface area contributed by atoms with Gasteiger partial charge in [0.05, 0.1) is 6.61 Å². The summed E-state index contributed by atoms with van der Waals surface area (Å²) in [6.07, 6.45) is 3.56. The Morgan fingerprint density at radius 2 is 2.25 bits per heavy atom. The zero-order valence-electron chi connectivity index (χ0n) is 8.77. The molecule has 0 radical (unpaired) electrons. The summed E-state index contributed by atoms with van der Waals surface area (Å²) < 4.78 is 4.72. The van der Waals surface area contributed by atoms with Gasteiger partial charge < -0.3 is 4.74 Å². The fourth-order valence-electron chi connectivity index (χ4n) is 1.10. The Labute approximate surface area is 98.7 Å². The van der Waals surface area contributed by atoms with Crippen molar-refractivity contribution in [2.45, 2.75) is 6.92 Å². The van der Waals surface area contributed by atoms with Crippen molar-refractivity contribution in [1.82, 2.24) is 0 Å². The summed E-state index contributed by atoms with van der Waals surface area (Å²) in [6.45, 7) is 2.07. The van der Waals surface area contributed by atoms with Crippen LogP contribution in [0.15, 0.2) is 24.3 Å². The van der Waals surface area contributed by atoms with Crippen LogP contribution in [0.5, 0.6) is 0 Å². The lowest BCUT2D eigenvalue weighted by Gasteiger charge is -1.99. The quantitative estimate of drug-likeness (QED) is 0.460. The lowest BCUT2D eigenvalue weighted by molar-refractivity contribution is -0.137. The maximum Gasteiger partial charge on any atom is 0.330 e. The highest BCUT2D eigenvalue weighted by Crippen LogP contribution is 2.18. The molecule has 0 aliphatic rings. The Morgan fingerprint density at radius 3 is 2.81 bits per heavy atom. The van der Waals surface area contributed by atoms with E-state index in [4.69, 9.17) is 16.3 Å². The topological polar surface area (TPSA) is 43.4 Å². The van der Waals surface area contributed by atoms with E-state index in [1.165, 1.54) is 6.08 Å². The number of carbonyl (C=O) groups excluding carboxylic acids is 2. The molecule has 0 saturated heterocycles. The van der Waals surface area contributed by atoms with Crippen LogP contribution in [-0.2, 0) is 9.53 Å². The van der Waals surface area contributed by atoms with Gasteiger partial charge in [-0.05, 0) is 24.6 Å². The minimum Gasteiger partial charge on any atom is -0.463 e. The van der Waals surface area contributed by atoms with Gasteiger partial charge in [0.2, 0.25) is 0 Å². The van der Waals surface area contributed by atoms with E-state index < -0.39 is 5.97 Å². The van der Waals surface area contributed by atoms with Gasteiger partial charge in [-0.25, -0.2) is 4.79 Å². The van der Waals surface area contributed by atoms with E-state index in [1.807, 2.05) is 0 Å². The Bertz CT molecular complexity index is 424. The molecular formula is C12H11ClO3. The second-order valence-corrected chi connectivity index (χ2v) is 3.39. The van der Waals surface area contributed by atoms with Crippen LogP contribution < -0.4 is 0 Å². The molecule has 1 rings (SSSR count). The van der Waals surface area contributed by atoms with Gasteiger partial charge in [-0.2, -0.15) is 0 Å². The van der Waals surface area contributed by atoms with Gasteiger partial charge >= 0.3 is 5.97 Å². The van der Waals surface area contributed by atoms with Gasteiger partial charge in [0.15, 0.2) is 0 Å². The van der Waals surface area contributed by atoms with E-state index in [1.54, 1.807) is 31.2 Å². The molecule has 1 aromatic carbocycles. The lowest BCUT2D eigenvalue weighted by atomic mass is 10.1. The molecule has 0 N–H and O–H groups in total. The number of benzene rings is 1. The smallest absolute Gasteiger partial charge is 0.330 e. The highest BCUT2D eigenvalue weighted by Gasteiger charge is 2.00. The summed E-state index contributed by atoms with van der Waals surface area (Å²) in [5.74, 6) is -0.418. The predicted octanol–water partition coefficient (Wildman–Crippen LogP) is 2.73. The minimum atomic E-state index is -0.418. The molecule has 0 heterocycles. The van der Waals surface area contributed by atoms with Gasteiger partial charge in [0, 0.05) is 16.7 Å². The zero-order chi connectivity index (χ0) is 12.0. The Kier molecular flexibility index (Phi) is 4.73. The van der Waals surface area contributed by atoms with Crippen molar-refractivity contribution in [3.63, 3.8) is 0 Å². The van der Waals surface area contributed by atoms with Crippen LogP contribution in [0.2, 0.25) is 5.02 Å². The van der Waals surface area contributed by atoms with Crippen molar-refractivity contribution in [2.24, 2.45) is 0 Å². The first-order valence-electron chi connectivity index (χ1n) is 4.77. The third-order valence-corrected chi connectivity index (χ3v) is 2.17. The van der Waals surface area contributed by atoms with Gasteiger partial charge in [-0.15, -0.1) is 0 Å². The SMILES string of the molecule is CCOC(=O)C=Cc1ccc(C=O)cc1Cl. The number of aldehydes is 1. The largest absolute Gasteiger partial charge is 0.463 e. The number of carbonyl (C=O) groups is 2. The standard InChI is InChI=1S/C12H11ClO3/c1-2-16-12(15)6-5-10-4-3-9(8-14)7-11(10)13/h3-8H,2H2,1H3. The summed E-state index contributed by atoms with van der Waals surface area (Å²) in [6, 6.07) is 4.84. The maximum atomic E-state index is 11.0. The van der Waals surface area contributed by atoms with E-state index >= 15 is 0 Å². The molecule has 0 aromatic heterocycles. The molecule has 0 atom stereocenters. The Balaban J connectivity index is 2.81. The molecule has 0 unspecified atom stereocenters. The number of esters is 1. The Morgan fingerprint density at radius 1 is 1.50 bits per heavy atom. The molecule has 0 fully saturated rings. The molecule has 0 bridgehead atoms. The molecule has 0 saturated carbocycles.